The Hall–Kier alpha value is -0.340. The van der Waals surface area contributed by atoms with Gasteiger partial charge in [0.2, 0.25) is 0 Å². The Labute approximate surface area is 88.4 Å². The highest BCUT2D eigenvalue weighted by Crippen LogP contribution is 2.16. The van der Waals surface area contributed by atoms with Gasteiger partial charge in [-0.1, -0.05) is 13.0 Å². The van der Waals surface area contributed by atoms with Crippen molar-refractivity contribution < 1.29 is 0 Å². The third-order valence-corrected chi connectivity index (χ3v) is 3.17. The zero-order valence-electron chi connectivity index (χ0n) is 9.63. The van der Waals surface area contributed by atoms with Crippen LogP contribution in [0.25, 0.3) is 0 Å². The van der Waals surface area contributed by atoms with Gasteiger partial charge in [-0.05, 0) is 51.4 Å². The van der Waals surface area contributed by atoms with Crippen LogP contribution in [0.5, 0.6) is 0 Å². The first kappa shape index (κ1) is 11.7. The minimum absolute atomic E-state index is 0.844. The van der Waals surface area contributed by atoms with Crippen LogP contribution in [0.2, 0.25) is 0 Å². The molecule has 1 aliphatic heterocycles. The summed E-state index contributed by atoms with van der Waals surface area (Å²) in [5.74, 6) is 1.69. The molecule has 0 aromatic rings. The lowest BCUT2D eigenvalue weighted by molar-refractivity contribution is 0.257. The van der Waals surface area contributed by atoms with E-state index in [0.29, 0.717) is 0 Å². The van der Waals surface area contributed by atoms with E-state index >= 15 is 0 Å². The molecule has 1 fully saturated rings. The van der Waals surface area contributed by atoms with Crippen LogP contribution in [0, 0.1) is 11.8 Å². The van der Waals surface area contributed by atoms with E-state index in [-0.39, 0.29) is 0 Å². The Bertz CT molecular complexity index is 168. The summed E-state index contributed by atoms with van der Waals surface area (Å²) < 4.78 is 0. The largest absolute Gasteiger partial charge is 0.316 e. The van der Waals surface area contributed by atoms with Crippen molar-refractivity contribution in [3.05, 3.63) is 12.7 Å². The van der Waals surface area contributed by atoms with Crippen molar-refractivity contribution in [1.29, 1.82) is 0 Å². The van der Waals surface area contributed by atoms with E-state index in [0.717, 1.165) is 18.3 Å². The molecule has 1 rings (SSSR count). The van der Waals surface area contributed by atoms with Gasteiger partial charge in [0.25, 0.3) is 0 Å². The molecule has 1 saturated heterocycles. The van der Waals surface area contributed by atoms with Crippen LogP contribution in [0.1, 0.15) is 19.8 Å². The quantitative estimate of drug-likeness (QED) is 0.514. The molecular weight excluding hydrogens is 172 g/mol. The van der Waals surface area contributed by atoms with Gasteiger partial charge in [-0.3, -0.25) is 0 Å². The number of hydrogen-bond acceptors (Lipinski definition) is 2. The fourth-order valence-electron chi connectivity index (χ4n) is 2.11. The van der Waals surface area contributed by atoms with Crippen LogP contribution >= 0.6 is 0 Å². The maximum atomic E-state index is 3.74. The molecule has 2 atom stereocenters. The molecular formula is C12H24N2. The first-order valence-corrected chi connectivity index (χ1v) is 5.74. The molecule has 0 amide bonds. The van der Waals surface area contributed by atoms with Crippen LogP contribution in [0.3, 0.4) is 0 Å². The molecule has 82 valence electrons. The Morgan fingerprint density at radius 2 is 2.29 bits per heavy atom. The molecule has 0 aromatic carbocycles. The van der Waals surface area contributed by atoms with Crippen LogP contribution in [0.4, 0.5) is 0 Å². The average Bonchev–Trinajstić information content (AvgIpc) is 2.52. The fourth-order valence-corrected chi connectivity index (χ4v) is 2.11. The van der Waals surface area contributed by atoms with Crippen molar-refractivity contribution in [2.75, 3.05) is 33.2 Å². The molecule has 1 heterocycles. The van der Waals surface area contributed by atoms with Gasteiger partial charge >= 0.3 is 0 Å². The SMILES string of the molecule is C=CCCCN(C)CC1CNCC1C. The van der Waals surface area contributed by atoms with Crippen LogP contribution in [-0.4, -0.2) is 38.1 Å². The number of nitrogens with zero attached hydrogens (tertiary/aromatic N) is 1. The van der Waals surface area contributed by atoms with E-state index in [1.165, 1.54) is 32.6 Å². The van der Waals surface area contributed by atoms with Gasteiger partial charge in [0.1, 0.15) is 0 Å². The zero-order chi connectivity index (χ0) is 10.4. The molecule has 1 N–H and O–H groups in total. The van der Waals surface area contributed by atoms with Crippen molar-refractivity contribution in [3.8, 4) is 0 Å². The summed E-state index contributed by atoms with van der Waals surface area (Å²) in [5.41, 5.74) is 0. The average molecular weight is 196 g/mol. The first-order chi connectivity index (χ1) is 6.74. The van der Waals surface area contributed by atoms with Gasteiger partial charge in [0.05, 0.1) is 0 Å². The molecule has 0 radical (unpaired) electrons. The summed E-state index contributed by atoms with van der Waals surface area (Å²) in [6.07, 6.45) is 4.39. The number of unbranched alkanes of at least 4 members (excludes halogenated alkanes) is 1. The summed E-state index contributed by atoms with van der Waals surface area (Å²) in [6, 6.07) is 0. The van der Waals surface area contributed by atoms with Crippen LogP contribution in [0.15, 0.2) is 12.7 Å². The van der Waals surface area contributed by atoms with E-state index in [2.05, 4.69) is 30.8 Å². The van der Waals surface area contributed by atoms with E-state index in [9.17, 15) is 0 Å². The fraction of sp³-hybridized carbons (Fsp3) is 0.833. The van der Waals surface area contributed by atoms with E-state index in [1.54, 1.807) is 0 Å². The van der Waals surface area contributed by atoms with Gasteiger partial charge < -0.3 is 10.2 Å². The van der Waals surface area contributed by atoms with Crippen LogP contribution in [-0.2, 0) is 0 Å². The standard InChI is InChI=1S/C12H24N2/c1-4-5-6-7-14(3)10-12-9-13-8-11(12)2/h4,11-13H,1,5-10H2,2-3H3. The monoisotopic (exact) mass is 196 g/mol. The smallest absolute Gasteiger partial charge is 0.00218 e. The number of hydrogen-bond donors (Lipinski definition) is 1. The minimum Gasteiger partial charge on any atom is -0.316 e. The summed E-state index contributed by atoms with van der Waals surface area (Å²) in [4.78, 5) is 2.46. The predicted octanol–water partition coefficient (Wildman–Crippen LogP) is 1.74. The van der Waals surface area contributed by atoms with Gasteiger partial charge in [0, 0.05) is 6.54 Å². The second-order valence-corrected chi connectivity index (χ2v) is 4.59. The third kappa shape index (κ3) is 3.81. The van der Waals surface area contributed by atoms with Crippen molar-refractivity contribution in [2.24, 2.45) is 11.8 Å². The van der Waals surface area contributed by atoms with E-state index in [4.69, 9.17) is 0 Å². The lowest BCUT2D eigenvalue weighted by Gasteiger charge is -2.22. The highest BCUT2D eigenvalue weighted by molar-refractivity contribution is 4.80. The Morgan fingerprint density at radius 3 is 2.86 bits per heavy atom. The molecule has 0 bridgehead atoms. The van der Waals surface area contributed by atoms with E-state index < -0.39 is 0 Å². The lowest BCUT2D eigenvalue weighted by Crippen LogP contribution is -2.29. The Morgan fingerprint density at radius 1 is 1.50 bits per heavy atom. The Kier molecular flexibility index (Phi) is 5.20. The molecule has 2 nitrogen and oxygen atoms in total. The van der Waals surface area contributed by atoms with Crippen molar-refractivity contribution in [2.45, 2.75) is 19.8 Å². The van der Waals surface area contributed by atoms with Gasteiger partial charge in [-0.25, -0.2) is 0 Å². The van der Waals surface area contributed by atoms with Crippen molar-refractivity contribution >= 4 is 0 Å². The summed E-state index contributed by atoms with van der Waals surface area (Å²) in [7, 11) is 2.23. The second kappa shape index (κ2) is 6.20. The summed E-state index contributed by atoms with van der Waals surface area (Å²) in [5, 5.41) is 3.45. The number of allylic oxidation sites excluding steroid dienone is 1. The molecule has 0 saturated carbocycles. The van der Waals surface area contributed by atoms with E-state index in [1.807, 2.05) is 6.08 Å². The molecule has 0 aliphatic carbocycles. The minimum atomic E-state index is 0.844. The highest BCUT2D eigenvalue weighted by atomic mass is 15.1. The molecule has 2 heteroatoms. The molecule has 2 unspecified atom stereocenters. The topological polar surface area (TPSA) is 15.3 Å². The van der Waals surface area contributed by atoms with Crippen molar-refractivity contribution in [3.63, 3.8) is 0 Å². The zero-order valence-corrected chi connectivity index (χ0v) is 9.63. The van der Waals surface area contributed by atoms with Gasteiger partial charge in [-0.2, -0.15) is 0 Å². The maximum Gasteiger partial charge on any atom is 0.00218 e. The third-order valence-electron chi connectivity index (χ3n) is 3.17. The highest BCUT2D eigenvalue weighted by Gasteiger charge is 2.23. The molecule has 0 aromatic heterocycles. The van der Waals surface area contributed by atoms with Gasteiger partial charge in [0.15, 0.2) is 0 Å². The normalized spacial score (nSPS) is 27.1. The maximum absolute atomic E-state index is 3.74. The molecule has 0 spiro atoms. The second-order valence-electron chi connectivity index (χ2n) is 4.59. The summed E-state index contributed by atoms with van der Waals surface area (Å²) >= 11 is 0. The molecule has 1 aliphatic rings. The van der Waals surface area contributed by atoms with Crippen molar-refractivity contribution in [1.82, 2.24) is 10.2 Å². The predicted molar refractivity (Wildman–Crippen MR) is 62.5 cm³/mol. The Balaban J connectivity index is 2.12. The number of nitrogens with one attached hydrogen (secondary N) is 1. The number of rotatable bonds is 6. The van der Waals surface area contributed by atoms with Crippen LogP contribution < -0.4 is 5.32 Å². The lowest BCUT2D eigenvalue weighted by atomic mass is 9.98. The van der Waals surface area contributed by atoms with Gasteiger partial charge in [-0.15, -0.1) is 6.58 Å². The summed E-state index contributed by atoms with van der Waals surface area (Å²) in [6.45, 7) is 10.9. The first-order valence-electron chi connectivity index (χ1n) is 5.74. The molecule has 14 heavy (non-hydrogen) atoms.